The monoisotopic (exact) mass is 381 g/mol. The Bertz CT molecular complexity index is 767. The zero-order valence-electron chi connectivity index (χ0n) is 15.9. The van der Waals surface area contributed by atoms with Gasteiger partial charge < -0.3 is 29.0 Å². The van der Waals surface area contributed by atoms with Crippen molar-refractivity contribution in [2.24, 2.45) is 0 Å². The van der Waals surface area contributed by atoms with E-state index in [0.717, 1.165) is 0 Å². The third-order valence-electron chi connectivity index (χ3n) is 4.85. The molecular formula is C19H24FNO6. The second kappa shape index (κ2) is 6.22. The van der Waals surface area contributed by atoms with Gasteiger partial charge in [0.05, 0.1) is 0 Å². The number of hydrogen-bond donors (Lipinski definition) is 1. The number of fused-ring (bicyclic) bond motifs is 3. The molecule has 8 heteroatoms. The van der Waals surface area contributed by atoms with Crippen molar-refractivity contribution in [2.45, 2.75) is 76.9 Å². The lowest BCUT2D eigenvalue weighted by Crippen LogP contribution is -2.58. The molecule has 0 saturated carbocycles. The first-order chi connectivity index (χ1) is 12.5. The highest BCUT2D eigenvalue weighted by Gasteiger charge is 2.62. The molecule has 148 valence electrons. The van der Waals surface area contributed by atoms with Crippen LogP contribution in [0.4, 0.5) is 10.1 Å². The number of ether oxygens (including phenoxy) is 5. The van der Waals surface area contributed by atoms with Crippen molar-refractivity contribution in [2.75, 3.05) is 5.32 Å². The van der Waals surface area contributed by atoms with Crippen LogP contribution >= 0.6 is 0 Å². The third kappa shape index (κ3) is 3.48. The number of amides is 1. The van der Waals surface area contributed by atoms with Crippen LogP contribution in [0.25, 0.3) is 0 Å². The fourth-order valence-corrected chi connectivity index (χ4v) is 3.71. The highest BCUT2D eigenvalue weighted by molar-refractivity contribution is 5.94. The predicted octanol–water partition coefficient (Wildman–Crippen LogP) is 2.47. The van der Waals surface area contributed by atoms with Crippen LogP contribution in [0.15, 0.2) is 18.2 Å². The molecule has 7 nitrogen and oxygen atoms in total. The number of rotatable bonds is 2. The topological polar surface area (TPSA) is 75.3 Å². The van der Waals surface area contributed by atoms with E-state index in [1.165, 1.54) is 6.07 Å². The van der Waals surface area contributed by atoms with Gasteiger partial charge in [0.2, 0.25) is 0 Å². The first-order valence-electron chi connectivity index (χ1n) is 8.98. The van der Waals surface area contributed by atoms with E-state index in [1.54, 1.807) is 46.8 Å². The second-order valence-electron chi connectivity index (χ2n) is 8.04. The van der Waals surface area contributed by atoms with Crippen LogP contribution in [0.1, 0.15) is 33.3 Å². The normalized spacial score (nSPS) is 36.1. The molecule has 0 aliphatic carbocycles. The summed E-state index contributed by atoms with van der Waals surface area (Å²) in [6, 6.07) is 4.50. The van der Waals surface area contributed by atoms with Gasteiger partial charge in [-0.05, 0) is 52.3 Å². The Hall–Kier alpha value is -1.58. The minimum Gasteiger partial charge on any atom is -0.342 e. The molecule has 1 amide bonds. The van der Waals surface area contributed by atoms with E-state index in [0.29, 0.717) is 11.3 Å². The van der Waals surface area contributed by atoms with Gasteiger partial charge in [0.25, 0.3) is 5.91 Å². The van der Waals surface area contributed by atoms with Crippen LogP contribution in [-0.4, -0.2) is 48.2 Å². The summed E-state index contributed by atoms with van der Waals surface area (Å²) in [6.07, 6.45) is -3.45. The molecule has 3 aliphatic rings. The second-order valence-corrected chi connectivity index (χ2v) is 8.04. The van der Waals surface area contributed by atoms with Crippen LogP contribution in [0, 0.1) is 12.7 Å². The Morgan fingerprint density at radius 3 is 2.33 bits per heavy atom. The maximum Gasteiger partial charge on any atom is 0.256 e. The summed E-state index contributed by atoms with van der Waals surface area (Å²) in [6.45, 7) is 8.74. The first kappa shape index (κ1) is 18.8. The van der Waals surface area contributed by atoms with Gasteiger partial charge >= 0.3 is 0 Å². The molecule has 3 heterocycles. The number of carbonyl (C=O) groups is 1. The summed E-state index contributed by atoms with van der Waals surface area (Å²) in [5, 5.41) is 2.68. The highest BCUT2D eigenvalue weighted by Crippen LogP contribution is 2.44. The van der Waals surface area contributed by atoms with Crippen LogP contribution in [0.2, 0.25) is 0 Å². The number of nitrogens with one attached hydrogen (secondary N) is 1. The minimum absolute atomic E-state index is 0.340. The summed E-state index contributed by atoms with van der Waals surface area (Å²) in [5.41, 5.74) is 0.838. The number of anilines is 1. The van der Waals surface area contributed by atoms with Gasteiger partial charge in [-0.15, -0.1) is 0 Å². The van der Waals surface area contributed by atoms with Crippen molar-refractivity contribution in [3.8, 4) is 0 Å². The number of aryl methyl sites for hydroxylation is 1. The molecule has 1 aromatic carbocycles. The quantitative estimate of drug-likeness (QED) is 0.848. The predicted molar refractivity (Wildman–Crippen MR) is 92.3 cm³/mol. The van der Waals surface area contributed by atoms with Gasteiger partial charge in [-0.25, -0.2) is 4.39 Å². The van der Waals surface area contributed by atoms with Crippen molar-refractivity contribution in [3.05, 3.63) is 29.6 Å². The van der Waals surface area contributed by atoms with Crippen molar-refractivity contribution >= 4 is 11.6 Å². The fourth-order valence-electron chi connectivity index (χ4n) is 3.71. The van der Waals surface area contributed by atoms with Crippen LogP contribution in [0.3, 0.4) is 0 Å². The Labute approximate surface area is 157 Å². The van der Waals surface area contributed by atoms with E-state index >= 15 is 0 Å². The Morgan fingerprint density at radius 2 is 1.63 bits per heavy atom. The van der Waals surface area contributed by atoms with Crippen LogP contribution in [0.5, 0.6) is 0 Å². The van der Waals surface area contributed by atoms with E-state index in [4.69, 9.17) is 23.7 Å². The van der Waals surface area contributed by atoms with E-state index in [-0.39, 0.29) is 0 Å². The SMILES string of the molecule is Cc1ccc(NC(=O)[C@@H]2O[C@@H]3OC(C)(C)O[C@@H]3[C@H]3OC(C)(C)O[C@H]32)cc1F. The van der Waals surface area contributed by atoms with Gasteiger partial charge in [-0.1, -0.05) is 6.07 Å². The minimum atomic E-state index is -0.986. The third-order valence-corrected chi connectivity index (χ3v) is 4.85. The number of carbonyl (C=O) groups excluding carboxylic acids is 1. The lowest BCUT2D eigenvalue weighted by Gasteiger charge is -2.36. The molecule has 0 aromatic heterocycles. The van der Waals surface area contributed by atoms with E-state index < -0.39 is 54.0 Å². The molecule has 4 rings (SSSR count). The molecule has 0 spiro atoms. The van der Waals surface area contributed by atoms with Crippen molar-refractivity contribution in [1.29, 1.82) is 0 Å². The van der Waals surface area contributed by atoms with Gasteiger partial charge in [0.15, 0.2) is 24.0 Å². The van der Waals surface area contributed by atoms with Gasteiger partial charge in [0.1, 0.15) is 24.1 Å². The largest absolute Gasteiger partial charge is 0.342 e. The molecule has 3 aliphatic heterocycles. The summed E-state index contributed by atoms with van der Waals surface area (Å²) in [5.74, 6) is -2.60. The number of benzene rings is 1. The molecule has 5 atom stereocenters. The van der Waals surface area contributed by atoms with Crippen LogP contribution in [-0.2, 0) is 28.5 Å². The maximum atomic E-state index is 13.8. The summed E-state index contributed by atoms with van der Waals surface area (Å²) in [4.78, 5) is 12.9. The smallest absolute Gasteiger partial charge is 0.256 e. The van der Waals surface area contributed by atoms with E-state index in [9.17, 15) is 9.18 Å². The molecule has 1 N–H and O–H groups in total. The standard InChI is InChI=1S/C19H24FNO6/c1-9-6-7-10(8-11(9)20)21-16(22)14-12-13(25-18(2,3)24-12)15-17(23-14)27-19(4,5)26-15/h6-8,12-15,17H,1-5H3,(H,21,22)/t12-,13+,14-,15-,17-/m1/s1. The fraction of sp³-hybridized carbons (Fsp3) is 0.632. The maximum absolute atomic E-state index is 13.8. The molecule has 27 heavy (non-hydrogen) atoms. The molecule has 3 saturated heterocycles. The van der Waals surface area contributed by atoms with Gasteiger partial charge in [-0.3, -0.25) is 4.79 Å². The lowest BCUT2D eigenvalue weighted by atomic mass is 9.98. The number of halogens is 1. The van der Waals surface area contributed by atoms with Crippen molar-refractivity contribution < 1.29 is 32.9 Å². The summed E-state index contributed by atoms with van der Waals surface area (Å²) < 4.78 is 43.2. The first-order valence-corrected chi connectivity index (χ1v) is 8.98. The van der Waals surface area contributed by atoms with E-state index in [2.05, 4.69) is 5.32 Å². The Morgan fingerprint density at radius 1 is 1.00 bits per heavy atom. The Kier molecular flexibility index (Phi) is 4.32. The lowest BCUT2D eigenvalue weighted by molar-refractivity contribution is -0.229. The molecule has 0 radical (unpaired) electrons. The summed E-state index contributed by atoms with van der Waals surface area (Å²) >= 11 is 0. The van der Waals surface area contributed by atoms with Crippen molar-refractivity contribution in [1.82, 2.24) is 0 Å². The average molecular weight is 381 g/mol. The molecular weight excluding hydrogens is 357 g/mol. The highest BCUT2D eigenvalue weighted by atomic mass is 19.1. The van der Waals surface area contributed by atoms with Crippen molar-refractivity contribution in [3.63, 3.8) is 0 Å². The van der Waals surface area contributed by atoms with Gasteiger partial charge in [-0.2, -0.15) is 0 Å². The zero-order chi connectivity index (χ0) is 19.6. The molecule has 3 fully saturated rings. The van der Waals surface area contributed by atoms with Crippen LogP contribution < -0.4 is 5.32 Å². The average Bonchev–Trinajstić information content (AvgIpc) is 3.04. The summed E-state index contributed by atoms with van der Waals surface area (Å²) in [7, 11) is 0. The van der Waals surface area contributed by atoms with E-state index in [1.807, 2.05) is 0 Å². The molecule has 1 aromatic rings. The Balaban J connectivity index is 1.57. The molecule has 0 bridgehead atoms. The molecule has 0 unspecified atom stereocenters. The zero-order valence-corrected chi connectivity index (χ0v) is 15.9. The number of hydrogen-bond acceptors (Lipinski definition) is 6. The van der Waals surface area contributed by atoms with Gasteiger partial charge in [0, 0.05) is 5.69 Å².